The number of amides is 1. The van der Waals surface area contributed by atoms with Crippen LogP contribution in [-0.4, -0.2) is 36.0 Å². The highest BCUT2D eigenvalue weighted by molar-refractivity contribution is 5.94. The number of para-hydroxylation sites is 1. The maximum Gasteiger partial charge on any atom is 0.351 e. The standard InChI is InChI=1S/C22H25NO5/c1-21(2)9-15-10-22(3,12-21)13-23(15)18(24)11-27-19(25)16-8-14-6-4-5-7-17(14)28-20(16)26/h4-8,15H,9-13H2,1-3H3/t15-,22-/m0/s1. The number of fused-ring (bicyclic) bond motifs is 3. The first-order valence-electron chi connectivity index (χ1n) is 9.65. The van der Waals surface area contributed by atoms with Crippen molar-refractivity contribution in [2.75, 3.05) is 13.2 Å². The Hall–Kier alpha value is -2.63. The van der Waals surface area contributed by atoms with E-state index in [-0.39, 0.29) is 34.9 Å². The first-order valence-corrected chi connectivity index (χ1v) is 9.65. The molecular formula is C22H25NO5. The number of esters is 1. The molecule has 2 heterocycles. The van der Waals surface area contributed by atoms with E-state index < -0.39 is 11.6 Å². The molecule has 0 unspecified atom stereocenters. The lowest BCUT2D eigenvalue weighted by Crippen LogP contribution is -2.40. The van der Waals surface area contributed by atoms with Crippen LogP contribution >= 0.6 is 0 Å². The molecule has 1 saturated carbocycles. The maximum atomic E-state index is 12.7. The minimum atomic E-state index is -0.832. The quantitative estimate of drug-likeness (QED) is 0.600. The van der Waals surface area contributed by atoms with Gasteiger partial charge in [-0.25, -0.2) is 9.59 Å². The number of rotatable bonds is 3. The normalized spacial score (nSPS) is 25.7. The number of carbonyl (C=O) groups excluding carboxylic acids is 2. The van der Waals surface area contributed by atoms with Crippen molar-refractivity contribution >= 4 is 22.8 Å². The number of benzene rings is 1. The van der Waals surface area contributed by atoms with E-state index in [4.69, 9.17) is 9.15 Å². The number of likely N-dealkylation sites (tertiary alicyclic amines) is 1. The van der Waals surface area contributed by atoms with Crippen molar-refractivity contribution in [1.82, 2.24) is 4.90 Å². The highest BCUT2D eigenvalue weighted by Crippen LogP contribution is 2.52. The molecule has 28 heavy (non-hydrogen) atoms. The van der Waals surface area contributed by atoms with Gasteiger partial charge in [-0.3, -0.25) is 4.79 Å². The molecule has 6 nitrogen and oxygen atoms in total. The molecule has 2 fully saturated rings. The molecule has 2 aromatic rings. The smallest absolute Gasteiger partial charge is 0.351 e. The Labute approximate surface area is 163 Å². The lowest BCUT2D eigenvalue weighted by molar-refractivity contribution is -0.135. The van der Waals surface area contributed by atoms with Crippen LogP contribution in [0.2, 0.25) is 0 Å². The molecule has 2 bridgehead atoms. The molecule has 1 aromatic heterocycles. The van der Waals surface area contributed by atoms with Crippen LogP contribution < -0.4 is 5.63 Å². The van der Waals surface area contributed by atoms with Crippen molar-refractivity contribution in [3.05, 3.63) is 46.3 Å². The van der Waals surface area contributed by atoms with Gasteiger partial charge >= 0.3 is 11.6 Å². The van der Waals surface area contributed by atoms with Gasteiger partial charge in [0.25, 0.3) is 5.91 Å². The third-order valence-corrected chi connectivity index (χ3v) is 5.92. The van der Waals surface area contributed by atoms with E-state index in [9.17, 15) is 14.4 Å². The summed E-state index contributed by atoms with van der Waals surface area (Å²) >= 11 is 0. The van der Waals surface area contributed by atoms with Crippen LogP contribution in [0.3, 0.4) is 0 Å². The molecule has 0 N–H and O–H groups in total. The minimum Gasteiger partial charge on any atom is -0.452 e. The van der Waals surface area contributed by atoms with E-state index >= 15 is 0 Å². The summed E-state index contributed by atoms with van der Waals surface area (Å²) in [6, 6.07) is 8.56. The highest BCUT2D eigenvalue weighted by Gasteiger charge is 2.50. The highest BCUT2D eigenvalue weighted by atomic mass is 16.5. The fraction of sp³-hybridized carbons (Fsp3) is 0.500. The molecule has 1 amide bonds. The van der Waals surface area contributed by atoms with Crippen molar-refractivity contribution in [2.24, 2.45) is 10.8 Å². The van der Waals surface area contributed by atoms with Gasteiger partial charge in [0.05, 0.1) is 0 Å². The topological polar surface area (TPSA) is 76.8 Å². The van der Waals surface area contributed by atoms with Crippen LogP contribution in [0, 0.1) is 10.8 Å². The first-order chi connectivity index (χ1) is 13.2. The van der Waals surface area contributed by atoms with Gasteiger partial charge in [-0.1, -0.05) is 39.0 Å². The predicted molar refractivity (Wildman–Crippen MR) is 104 cm³/mol. The molecule has 2 aliphatic rings. The number of carbonyl (C=O) groups is 2. The molecule has 1 aliphatic carbocycles. The SMILES string of the molecule is CC1(C)C[C@H]2C[C@](C)(CN2C(=O)COC(=O)c2cc3ccccc3oc2=O)C1. The molecule has 0 radical (unpaired) electrons. The summed E-state index contributed by atoms with van der Waals surface area (Å²) in [7, 11) is 0. The van der Waals surface area contributed by atoms with Crippen molar-refractivity contribution in [3.8, 4) is 0 Å². The average Bonchev–Trinajstić information content (AvgIpc) is 2.87. The van der Waals surface area contributed by atoms with Crippen LogP contribution in [-0.2, 0) is 9.53 Å². The van der Waals surface area contributed by atoms with Gasteiger partial charge in [-0.2, -0.15) is 0 Å². The van der Waals surface area contributed by atoms with Gasteiger partial charge < -0.3 is 14.1 Å². The zero-order valence-electron chi connectivity index (χ0n) is 16.5. The van der Waals surface area contributed by atoms with Gasteiger partial charge in [0.1, 0.15) is 11.1 Å². The largest absolute Gasteiger partial charge is 0.452 e. The molecule has 1 saturated heterocycles. The summed E-state index contributed by atoms with van der Waals surface area (Å²) in [5.41, 5.74) is -0.235. The van der Waals surface area contributed by atoms with E-state index in [1.807, 2.05) is 4.90 Å². The van der Waals surface area contributed by atoms with Crippen molar-refractivity contribution < 1.29 is 18.7 Å². The monoisotopic (exact) mass is 383 g/mol. The first kappa shape index (κ1) is 18.7. The van der Waals surface area contributed by atoms with Crippen LogP contribution in [0.15, 0.2) is 39.5 Å². The van der Waals surface area contributed by atoms with Gasteiger partial charge in [-0.15, -0.1) is 0 Å². The molecular weight excluding hydrogens is 358 g/mol. The fourth-order valence-electron chi connectivity index (χ4n) is 5.24. The lowest BCUT2D eigenvalue weighted by atomic mass is 9.65. The Balaban J connectivity index is 1.45. The summed E-state index contributed by atoms with van der Waals surface area (Å²) in [5.74, 6) is -1.04. The third kappa shape index (κ3) is 3.43. The van der Waals surface area contributed by atoms with Crippen LogP contribution in [0.5, 0.6) is 0 Å². The lowest BCUT2D eigenvalue weighted by Gasteiger charge is -2.39. The summed E-state index contributed by atoms with van der Waals surface area (Å²) in [5, 5.41) is 0.629. The van der Waals surface area contributed by atoms with E-state index in [1.165, 1.54) is 6.07 Å². The molecule has 4 rings (SSSR count). The summed E-state index contributed by atoms with van der Waals surface area (Å²) in [6.45, 7) is 7.03. The van der Waals surface area contributed by atoms with Gasteiger partial charge in [0, 0.05) is 18.0 Å². The minimum absolute atomic E-state index is 0.117. The van der Waals surface area contributed by atoms with E-state index in [0.29, 0.717) is 17.5 Å². The molecule has 1 aliphatic heterocycles. The van der Waals surface area contributed by atoms with Crippen LogP contribution in [0.4, 0.5) is 0 Å². The second-order valence-electron chi connectivity index (χ2n) is 9.30. The zero-order chi connectivity index (χ0) is 20.1. The Kier molecular flexibility index (Phi) is 4.32. The van der Waals surface area contributed by atoms with Crippen molar-refractivity contribution in [2.45, 2.75) is 46.1 Å². The second kappa shape index (κ2) is 6.47. The number of nitrogens with zero attached hydrogens (tertiary/aromatic N) is 1. The molecule has 2 atom stereocenters. The molecule has 6 heteroatoms. The average molecular weight is 383 g/mol. The van der Waals surface area contributed by atoms with E-state index in [1.54, 1.807) is 24.3 Å². The van der Waals surface area contributed by atoms with Gasteiger partial charge in [0.15, 0.2) is 6.61 Å². The van der Waals surface area contributed by atoms with Crippen molar-refractivity contribution in [3.63, 3.8) is 0 Å². The van der Waals surface area contributed by atoms with Gasteiger partial charge in [0.2, 0.25) is 0 Å². The number of hydrogen-bond acceptors (Lipinski definition) is 5. The summed E-state index contributed by atoms with van der Waals surface area (Å²) in [4.78, 5) is 39.0. The molecule has 148 valence electrons. The van der Waals surface area contributed by atoms with E-state index in [2.05, 4.69) is 20.8 Å². The summed E-state index contributed by atoms with van der Waals surface area (Å²) < 4.78 is 10.3. The predicted octanol–water partition coefficient (Wildman–Crippen LogP) is 3.38. The Morgan fingerprint density at radius 2 is 1.96 bits per heavy atom. The molecule has 0 spiro atoms. The van der Waals surface area contributed by atoms with Crippen molar-refractivity contribution in [1.29, 1.82) is 0 Å². The van der Waals surface area contributed by atoms with Crippen LogP contribution in [0.25, 0.3) is 11.0 Å². The second-order valence-corrected chi connectivity index (χ2v) is 9.30. The number of hydrogen-bond donors (Lipinski definition) is 0. The third-order valence-electron chi connectivity index (χ3n) is 5.92. The van der Waals surface area contributed by atoms with E-state index in [0.717, 1.165) is 19.3 Å². The Morgan fingerprint density at radius 3 is 2.75 bits per heavy atom. The maximum absolute atomic E-state index is 12.7. The molecule has 1 aromatic carbocycles. The fourth-order valence-corrected chi connectivity index (χ4v) is 5.24. The zero-order valence-corrected chi connectivity index (χ0v) is 16.5. The van der Waals surface area contributed by atoms with Crippen LogP contribution in [0.1, 0.15) is 50.4 Å². The summed E-state index contributed by atoms with van der Waals surface area (Å²) in [6.07, 6.45) is 3.03. The Bertz CT molecular complexity index is 1010. The Morgan fingerprint density at radius 1 is 1.21 bits per heavy atom. The number of ether oxygens (including phenoxy) is 1. The van der Waals surface area contributed by atoms with Gasteiger partial charge in [-0.05, 0) is 42.2 Å².